The first-order valence-electron chi connectivity index (χ1n) is 7.68. The van der Waals surface area contributed by atoms with Gasteiger partial charge in [-0.25, -0.2) is 0 Å². The predicted octanol–water partition coefficient (Wildman–Crippen LogP) is -3.69. The number of ether oxygens (including phenoxy) is 3. The normalized spacial score (nSPS) is 36.1. The maximum Gasteiger partial charge on any atom is 0.186 e. The molecule has 7 N–H and O–H groups in total. The van der Waals surface area contributed by atoms with Gasteiger partial charge in [-0.15, -0.1) is 0 Å². The average Bonchev–Trinajstić information content (AvgIpc) is 2.54. The molecule has 1 fully saturated rings. The summed E-state index contributed by atoms with van der Waals surface area (Å²) in [5.74, 6) is 0. The van der Waals surface area contributed by atoms with Crippen LogP contribution in [0.1, 0.15) is 13.3 Å². The standard InChI is InChI=1S/C14H28O10/c1-7(17)9(18)11(8(5-16)22-2)24-13-10(19)12(20)14(21,3-4-15)6-23-13/h7-13,15-21H,3-6H2,1-2H3. The van der Waals surface area contributed by atoms with E-state index in [2.05, 4.69) is 0 Å². The second kappa shape index (κ2) is 9.34. The third kappa shape index (κ3) is 4.82. The van der Waals surface area contributed by atoms with Gasteiger partial charge in [-0.3, -0.25) is 0 Å². The van der Waals surface area contributed by atoms with E-state index >= 15 is 0 Å². The summed E-state index contributed by atoms with van der Waals surface area (Å²) in [5.41, 5.74) is -1.84. The molecule has 1 rings (SSSR count). The molecule has 1 saturated heterocycles. The Bertz CT molecular complexity index is 361. The van der Waals surface area contributed by atoms with Crippen molar-refractivity contribution in [2.24, 2.45) is 0 Å². The molecule has 0 bridgehead atoms. The second-order valence-electron chi connectivity index (χ2n) is 5.98. The minimum absolute atomic E-state index is 0.213. The Morgan fingerprint density at radius 1 is 1.25 bits per heavy atom. The number of aliphatic hydroxyl groups is 7. The zero-order chi connectivity index (χ0) is 18.5. The summed E-state index contributed by atoms with van der Waals surface area (Å²) in [7, 11) is 1.26. The van der Waals surface area contributed by atoms with E-state index in [9.17, 15) is 30.6 Å². The number of aliphatic hydroxyl groups excluding tert-OH is 6. The predicted molar refractivity (Wildman–Crippen MR) is 78.8 cm³/mol. The Morgan fingerprint density at radius 3 is 2.33 bits per heavy atom. The second-order valence-corrected chi connectivity index (χ2v) is 5.98. The average molecular weight is 356 g/mol. The van der Waals surface area contributed by atoms with Gasteiger partial charge in [-0.1, -0.05) is 0 Å². The van der Waals surface area contributed by atoms with Crippen molar-refractivity contribution < 1.29 is 50.0 Å². The summed E-state index contributed by atoms with van der Waals surface area (Å²) in [4.78, 5) is 0. The molecule has 1 aliphatic rings. The third-order valence-electron chi connectivity index (χ3n) is 4.17. The van der Waals surface area contributed by atoms with Crippen molar-refractivity contribution in [3.63, 3.8) is 0 Å². The topological polar surface area (TPSA) is 169 Å². The highest BCUT2D eigenvalue weighted by atomic mass is 16.7. The molecular weight excluding hydrogens is 328 g/mol. The Balaban J connectivity index is 2.87. The van der Waals surface area contributed by atoms with Crippen LogP contribution in [0.5, 0.6) is 0 Å². The third-order valence-corrected chi connectivity index (χ3v) is 4.17. The van der Waals surface area contributed by atoms with Crippen LogP contribution in [0.2, 0.25) is 0 Å². The van der Waals surface area contributed by atoms with Gasteiger partial charge in [0.15, 0.2) is 6.29 Å². The molecule has 0 aliphatic carbocycles. The lowest BCUT2D eigenvalue weighted by atomic mass is 9.88. The molecule has 0 saturated carbocycles. The number of hydrogen-bond donors (Lipinski definition) is 7. The van der Waals surface area contributed by atoms with Gasteiger partial charge in [0.2, 0.25) is 0 Å². The van der Waals surface area contributed by atoms with E-state index in [1.54, 1.807) is 0 Å². The maximum atomic E-state index is 10.2. The van der Waals surface area contributed by atoms with Crippen molar-refractivity contribution >= 4 is 0 Å². The van der Waals surface area contributed by atoms with Crippen LogP contribution in [0.3, 0.4) is 0 Å². The molecule has 1 aliphatic heterocycles. The van der Waals surface area contributed by atoms with E-state index in [4.69, 9.17) is 19.3 Å². The van der Waals surface area contributed by atoms with Crippen molar-refractivity contribution in [1.82, 2.24) is 0 Å². The molecule has 8 unspecified atom stereocenters. The molecule has 8 atom stereocenters. The van der Waals surface area contributed by atoms with E-state index < -0.39 is 68.3 Å². The SMILES string of the molecule is COC(CO)C(OC1OCC(O)(CCO)C(O)C1O)C(O)C(C)O. The Labute approximate surface area is 139 Å². The fourth-order valence-corrected chi connectivity index (χ4v) is 2.54. The van der Waals surface area contributed by atoms with Gasteiger partial charge < -0.3 is 50.0 Å². The molecule has 144 valence electrons. The van der Waals surface area contributed by atoms with E-state index in [1.165, 1.54) is 14.0 Å². The van der Waals surface area contributed by atoms with Crippen molar-refractivity contribution in [1.29, 1.82) is 0 Å². The zero-order valence-corrected chi connectivity index (χ0v) is 13.7. The van der Waals surface area contributed by atoms with E-state index in [0.717, 1.165) is 0 Å². The molecule has 10 heteroatoms. The molecule has 0 spiro atoms. The summed E-state index contributed by atoms with van der Waals surface area (Å²) in [6, 6.07) is 0. The summed E-state index contributed by atoms with van der Waals surface area (Å²) < 4.78 is 15.6. The fourth-order valence-electron chi connectivity index (χ4n) is 2.54. The van der Waals surface area contributed by atoms with E-state index in [0.29, 0.717) is 0 Å². The largest absolute Gasteiger partial charge is 0.396 e. The fraction of sp³-hybridized carbons (Fsp3) is 1.00. The van der Waals surface area contributed by atoms with E-state index in [-0.39, 0.29) is 6.42 Å². The summed E-state index contributed by atoms with van der Waals surface area (Å²) >= 11 is 0. The van der Waals surface area contributed by atoms with Gasteiger partial charge in [0.25, 0.3) is 0 Å². The number of hydrogen-bond acceptors (Lipinski definition) is 10. The quantitative estimate of drug-likeness (QED) is 0.218. The smallest absolute Gasteiger partial charge is 0.186 e. The lowest BCUT2D eigenvalue weighted by Crippen LogP contribution is -2.63. The highest BCUT2D eigenvalue weighted by Crippen LogP contribution is 2.29. The molecule has 0 amide bonds. The van der Waals surface area contributed by atoms with Crippen LogP contribution in [0, 0.1) is 0 Å². The van der Waals surface area contributed by atoms with Gasteiger partial charge >= 0.3 is 0 Å². The van der Waals surface area contributed by atoms with Crippen LogP contribution >= 0.6 is 0 Å². The van der Waals surface area contributed by atoms with Gasteiger partial charge in [-0.2, -0.15) is 0 Å². The Hall–Kier alpha value is -0.400. The number of rotatable bonds is 9. The Kier molecular flexibility index (Phi) is 8.42. The summed E-state index contributed by atoms with van der Waals surface area (Å²) in [5, 5.41) is 68.1. The minimum Gasteiger partial charge on any atom is -0.396 e. The van der Waals surface area contributed by atoms with Crippen LogP contribution < -0.4 is 0 Å². The first-order chi connectivity index (χ1) is 11.2. The van der Waals surface area contributed by atoms with Gasteiger partial charge in [0.1, 0.15) is 36.1 Å². The van der Waals surface area contributed by atoms with E-state index in [1.807, 2.05) is 0 Å². The first kappa shape index (κ1) is 21.6. The molecule has 0 aromatic heterocycles. The number of methoxy groups -OCH3 is 1. The highest BCUT2D eigenvalue weighted by Gasteiger charge is 2.50. The van der Waals surface area contributed by atoms with Crippen LogP contribution in [0.4, 0.5) is 0 Å². The lowest BCUT2D eigenvalue weighted by Gasteiger charge is -2.44. The van der Waals surface area contributed by atoms with Crippen LogP contribution in [0.25, 0.3) is 0 Å². The molecule has 1 heterocycles. The van der Waals surface area contributed by atoms with Crippen LogP contribution in [-0.4, -0.2) is 111 Å². The van der Waals surface area contributed by atoms with Crippen molar-refractivity contribution in [2.75, 3.05) is 26.9 Å². The molecule has 10 nitrogen and oxygen atoms in total. The maximum absolute atomic E-state index is 10.2. The molecule has 0 aromatic rings. The Morgan fingerprint density at radius 2 is 1.88 bits per heavy atom. The summed E-state index contributed by atoms with van der Waals surface area (Å²) in [6.45, 7) is -0.0810. The van der Waals surface area contributed by atoms with Crippen molar-refractivity contribution in [3.05, 3.63) is 0 Å². The highest BCUT2D eigenvalue weighted by molar-refractivity contribution is 4.96. The molecule has 0 aromatic carbocycles. The molecular formula is C14H28O10. The monoisotopic (exact) mass is 356 g/mol. The minimum atomic E-state index is -1.84. The van der Waals surface area contributed by atoms with Crippen molar-refractivity contribution in [3.8, 4) is 0 Å². The molecule has 24 heavy (non-hydrogen) atoms. The zero-order valence-electron chi connectivity index (χ0n) is 13.7. The van der Waals surface area contributed by atoms with Crippen LogP contribution in [0.15, 0.2) is 0 Å². The van der Waals surface area contributed by atoms with Crippen molar-refractivity contribution in [2.45, 2.75) is 61.9 Å². The van der Waals surface area contributed by atoms with Gasteiger partial charge in [0.05, 0.1) is 19.3 Å². The van der Waals surface area contributed by atoms with Gasteiger partial charge in [0, 0.05) is 20.1 Å². The summed E-state index contributed by atoms with van der Waals surface area (Å²) in [6.07, 6.45) is -9.99. The first-order valence-corrected chi connectivity index (χ1v) is 7.68. The van der Waals surface area contributed by atoms with Crippen LogP contribution in [-0.2, 0) is 14.2 Å². The van der Waals surface area contributed by atoms with Gasteiger partial charge in [-0.05, 0) is 6.92 Å². The molecule has 0 radical (unpaired) electrons. The lowest BCUT2D eigenvalue weighted by molar-refractivity contribution is -0.325.